The molecule has 4 aromatic rings. The number of carbonyl (C=O) groups excluding carboxylic acids is 6. The third kappa shape index (κ3) is 46.8. The van der Waals surface area contributed by atoms with Gasteiger partial charge in [0.25, 0.3) is 5.91 Å². The van der Waals surface area contributed by atoms with Crippen LogP contribution in [-0.4, -0.2) is 224 Å². The number of carbonyl (C=O) groups is 8. The maximum atomic E-state index is 12.7. The summed E-state index contributed by atoms with van der Waals surface area (Å²) in [6.07, 6.45) is 13.7. The average molecular weight is 1560 g/mol. The molecule has 597 valence electrons. The Balaban J connectivity index is -0.000000221. The number of aliphatic hydroxyl groups excluding tert-OH is 1. The second-order valence-corrected chi connectivity index (χ2v) is 29.3. The molecule has 0 saturated carbocycles. The molecular weight excluding hydrogens is 1430 g/mol. The molecule has 2 saturated heterocycles. The van der Waals surface area contributed by atoms with E-state index < -0.39 is 61.7 Å². The van der Waals surface area contributed by atoms with Crippen molar-refractivity contribution in [2.24, 2.45) is 0 Å². The van der Waals surface area contributed by atoms with Crippen LogP contribution >= 0.6 is 35.3 Å². The summed E-state index contributed by atoms with van der Waals surface area (Å²) in [5.74, 6) is -4.12. The topological polar surface area (TPSA) is 354 Å². The molecule has 0 bridgehead atoms. The first-order valence-electron chi connectivity index (χ1n) is 34.2. The number of nitrogens with zero attached hydrogens (tertiary/aromatic N) is 1. The van der Waals surface area contributed by atoms with E-state index in [-0.39, 0.29) is 115 Å². The first-order chi connectivity index (χ1) is 48.1. The summed E-state index contributed by atoms with van der Waals surface area (Å²) in [5.41, 5.74) is -5.04. The standard InChI is InChI=1S/C17H24O6S.C17H24O4S.C12H16O2S.C9H17NO2.C7H7S.C5H10O3.C4H9N.C4H8O3.CH4O.CH4.B.Li.H2/c1-6-17(4,23-15(18)11-22-12(2)3)16(19)13-7-9-14(10-8-13)24(5,20)21;1-6-17(4,21-15(18)11-20-12(2)3)16(19)13-7-9-14(22-5)10-8-13;1-4-12(2,14)11(13)9-5-7-10(15-3)8-6-9;1-3-9(2,12)8(11)10-6-4-5-7-10;1-8-7-5-3-2-4-6-7;1-3-5(2,8)4(6)7;1-2-4-5-3-1;1-2-7-3-4(5)6;1-2;;;;/h7-10,12H,6,11H2,1-5H3;7-10,12H,6,11H2,1-5H3;5-8,14H,4H2,1-3H3;12H,3-7H2,1-2H3;3-6H,1H3;8H,3H2,1-2H3,(H,6,7);5H,1-4H2;2-3H2,1H3,(H,5,6);2H,1H3;1H4;;;1H/q;;;;-1;;;;;;;+1;/t2*17-;12-;9-;;5-;;;;;;;/m0000.0......./s1/i;;;;;;;;;;;;1+1. The van der Waals surface area contributed by atoms with Gasteiger partial charge in [-0.25, -0.2) is 27.6 Å². The molecule has 0 aliphatic carbocycles. The number of rotatable bonds is 28. The van der Waals surface area contributed by atoms with Gasteiger partial charge in [0.1, 0.15) is 31.0 Å². The molecule has 1 amide bonds. The second-order valence-electron chi connectivity index (χ2n) is 24.7. The van der Waals surface area contributed by atoms with Crippen LogP contribution in [0, 0.1) is 6.07 Å². The molecule has 4 aromatic carbocycles. The number of carboxylic acids is 2. The van der Waals surface area contributed by atoms with Gasteiger partial charge >= 0.3 is 42.7 Å². The van der Waals surface area contributed by atoms with Gasteiger partial charge in [0.05, 0.1) is 17.1 Å². The number of ether oxygens (including phenoxy) is 5. The van der Waals surface area contributed by atoms with Gasteiger partial charge in [-0.05, 0) is 207 Å². The van der Waals surface area contributed by atoms with Crippen LogP contribution in [0.4, 0.5) is 0 Å². The quantitative estimate of drug-likeness (QED) is 0.00914. The minimum atomic E-state index is -3.33. The minimum absolute atomic E-state index is 0. The molecule has 2 heterocycles. The molecule has 3 radical (unpaired) electrons. The van der Waals surface area contributed by atoms with Crippen LogP contribution in [0.25, 0.3) is 0 Å². The number of aliphatic carboxylic acids is 2. The molecule has 0 unspecified atom stereocenters. The number of Topliss-reactive ketones (excluding diaryl/α,β-unsaturated/α-hetero) is 3. The van der Waals surface area contributed by atoms with E-state index >= 15 is 0 Å². The monoisotopic (exact) mass is 1560 g/mol. The van der Waals surface area contributed by atoms with Crippen LogP contribution in [0.15, 0.2) is 117 Å². The molecule has 2 fully saturated rings. The van der Waals surface area contributed by atoms with Crippen molar-refractivity contribution in [2.75, 3.05) is 84.7 Å². The van der Waals surface area contributed by atoms with Crippen LogP contribution in [0.1, 0.15) is 202 Å². The van der Waals surface area contributed by atoms with Crippen molar-refractivity contribution in [3.05, 3.63) is 120 Å². The van der Waals surface area contributed by atoms with Gasteiger partial charge in [0, 0.05) is 69.4 Å². The van der Waals surface area contributed by atoms with Gasteiger partial charge in [0.2, 0.25) is 11.6 Å². The van der Waals surface area contributed by atoms with Crippen LogP contribution < -0.4 is 24.2 Å². The summed E-state index contributed by atoms with van der Waals surface area (Å²) >= 11 is 4.99. The van der Waals surface area contributed by atoms with E-state index in [1.54, 1.807) is 127 Å². The number of benzene rings is 4. The summed E-state index contributed by atoms with van der Waals surface area (Å²) in [4.78, 5) is 97.4. The molecule has 5 atom stereocenters. The Hall–Kier alpha value is -5.42. The smallest absolute Gasteiger partial charge is 0.480 e. The molecule has 29 heteroatoms. The van der Waals surface area contributed by atoms with Gasteiger partial charge in [-0.3, -0.25) is 19.2 Å². The third-order valence-corrected chi connectivity index (χ3v) is 18.8. The minimum Gasteiger partial charge on any atom is -0.480 e. The molecule has 106 heavy (non-hydrogen) atoms. The summed E-state index contributed by atoms with van der Waals surface area (Å²) < 4.78 is 48.6. The maximum Gasteiger partial charge on any atom is 1.00 e. The Morgan fingerprint density at radius 3 is 1.12 bits per heavy atom. The summed E-state index contributed by atoms with van der Waals surface area (Å²) in [7, 11) is -2.33. The molecule has 23 nitrogen and oxygen atoms in total. The Kier molecular flexibility index (Phi) is 62.5. The van der Waals surface area contributed by atoms with Gasteiger partial charge in [-0.15, -0.1) is 28.4 Å². The van der Waals surface area contributed by atoms with Gasteiger partial charge in [0.15, 0.2) is 32.4 Å². The number of thioether (sulfide) groups is 3. The van der Waals surface area contributed by atoms with Crippen molar-refractivity contribution in [3.63, 3.8) is 0 Å². The number of sulfone groups is 1. The summed E-state index contributed by atoms with van der Waals surface area (Å²) in [5, 5.41) is 54.6. The number of hydrogen-bond donors (Lipinski definition) is 7. The Morgan fingerprint density at radius 2 is 0.877 bits per heavy atom. The number of esters is 2. The van der Waals surface area contributed by atoms with Crippen molar-refractivity contribution in [1.82, 2.24) is 10.2 Å². The van der Waals surface area contributed by atoms with Crippen molar-refractivity contribution < 1.29 is 121 Å². The predicted octanol–water partition coefficient (Wildman–Crippen LogP) is 9.69. The Labute approximate surface area is 661 Å². The number of carboxylic acid groups (broad SMARTS) is 2. The van der Waals surface area contributed by atoms with E-state index in [1.165, 1.54) is 68.9 Å². The van der Waals surface area contributed by atoms with Crippen molar-refractivity contribution >= 4 is 101 Å². The second kappa shape index (κ2) is 59.5. The number of nitrogens with one attached hydrogen (secondary N) is 1. The van der Waals surface area contributed by atoms with E-state index in [2.05, 4.69) is 22.4 Å². The van der Waals surface area contributed by atoms with E-state index in [9.17, 15) is 57.0 Å². The fraction of sp³-hybridized carbons (Fsp3) is 0.584. The van der Waals surface area contributed by atoms with E-state index in [4.69, 9.17) is 39.4 Å². The number of likely N-dealkylation sites (tertiary alicyclic amines) is 1. The van der Waals surface area contributed by atoms with E-state index in [0.717, 1.165) is 49.1 Å². The van der Waals surface area contributed by atoms with Crippen LogP contribution in [0.2, 0.25) is 0 Å². The Bertz CT molecular complexity index is 3190. The van der Waals surface area contributed by atoms with E-state index in [1.807, 2.05) is 88.7 Å². The maximum absolute atomic E-state index is 12.7. The third-order valence-electron chi connectivity index (χ3n) is 15.5. The zero-order valence-electron chi connectivity index (χ0n) is 65.9. The molecule has 6 rings (SSSR count). The first-order valence-corrected chi connectivity index (χ1v) is 39.7. The number of aliphatic hydroxyl groups is 4. The molecule has 0 aromatic heterocycles. The average Bonchev–Trinajstić information content (AvgIpc) is 1.05. The normalized spacial score (nSPS) is 14.5. The van der Waals surface area contributed by atoms with E-state index in [0.29, 0.717) is 37.0 Å². The number of hydrogen-bond acceptors (Lipinski definition) is 23. The number of amides is 1. The van der Waals surface area contributed by atoms with Crippen molar-refractivity contribution in [1.29, 1.82) is 0 Å². The SMILES string of the molecule is C.C1CCNC1.CCOCC(=O)O.CC[C@](C)(O)C(=O)N1CCCC1.CC[C@](C)(O)C(=O)O.CC[C@](C)(O)C(=O)c1ccc(SC)cc1.CC[C@](C)(OC(=O)COC(C)C)C(=O)c1ccc(S(C)(=O)=O)cc1.CC[C@](C)(OC(=O)COC(C)C)C(=O)c1ccc(SC)cc1.CO.CSc1cc[c-]cc1.[2HH].[B].[Li+]. The molecule has 0 spiro atoms. The van der Waals surface area contributed by atoms with Crippen LogP contribution in [0.5, 0.6) is 0 Å². The van der Waals surface area contributed by atoms with Crippen LogP contribution in [-0.2, 0) is 57.5 Å². The van der Waals surface area contributed by atoms with Gasteiger partial charge < -0.3 is 64.5 Å². The first kappa shape index (κ1) is 111. The molecule has 2 aliphatic rings. The summed E-state index contributed by atoms with van der Waals surface area (Å²) in [6.45, 7) is 29.5. The predicted molar refractivity (Wildman–Crippen MR) is 423 cm³/mol. The van der Waals surface area contributed by atoms with Gasteiger partial charge in [-0.2, -0.15) is 42.1 Å². The van der Waals surface area contributed by atoms with Gasteiger partial charge in [-0.1, -0.05) is 66.3 Å². The van der Waals surface area contributed by atoms with Crippen LogP contribution in [0.3, 0.4) is 0 Å². The summed E-state index contributed by atoms with van der Waals surface area (Å²) in [6, 6.07) is 31.1. The number of ketones is 3. The Morgan fingerprint density at radius 1 is 0.538 bits per heavy atom. The molecule has 2 aliphatic heterocycles. The largest absolute Gasteiger partial charge is 1.00 e. The zero-order chi connectivity index (χ0) is 79.8. The fourth-order valence-electron chi connectivity index (χ4n) is 7.89. The fourth-order valence-corrected chi connectivity index (χ4v) is 9.75. The molecular formula is C77H125BLiN2O21S4. The molecule has 7 N–H and O–H groups in total. The zero-order valence-corrected chi connectivity index (χ0v) is 69.1. The van der Waals surface area contributed by atoms with Crippen molar-refractivity contribution in [3.8, 4) is 0 Å². The van der Waals surface area contributed by atoms with Crippen molar-refractivity contribution in [2.45, 2.75) is 229 Å².